The normalized spacial score (nSPS) is 45.8. The molecule has 0 aromatic heterocycles. The van der Waals surface area contributed by atoms with E-state index in [1.54, 1.807) is 0 Å². The van der Waals surface area contributed by atoms with Crippen molar-refractivity contribution in [2.24, 2.45) is 23.2 Å². The Morgan fingerprint density at radius 3 is 2.50 bits per heavy atom. The van der Waals surface area contributed by atoms with E-state index in [1.807, 2.05) is 0 Å². The van der Waals surface area contributed by atoms with Gasteiger partial charge in [0.2, 0.25) is 0 Å². The predicted molar refractivity (Wildman–Crippen MR) is 103 cm³/mol. The molecule has 1 saturated carbocycles. The third kappa shape index (κ3) is 2.54. The quantitative estimate of drug-likeness (QED) is 0.405. The largest absolute Gasteiger partial charge is 0.293 e. The second-order valence-corrected chi connectivity index (χ2v) is 11.0. The van der Waals surface area contributed by atoms with Gasteiger partial charge in [-0.15, -0.1) is 0 Å². The second kappa shape index (κ2) is 6.29. The fraction of sp³-hybridized carbons (Fsp3) is 0.833. The number of alkyl halides is 3. The van der Waals surface area contributed by atoms with Gasteiger partial charge in [-0.25, -0.2) is 0 Å². The Morgan fingerprint density at radius 2 is 1.86 bits per heavy atom. The van der Waals surface area contributed by atoms with Crippen molar-refractivity contribution in [1.29, 1.82) is 0 Å². The van der Waals surface area contributed by atoms with Crippen LogP contribution in [0.4, 0.5) is 0 Å². The smallest absolute Gasteiger partial charge is 0.173 e. The van der Waals surface area contributed by atoms with Crippen molar-refractivity contribution in [3.05, 3.63) is 11.1 Å². The molecule has 1 fully saturated rings. The van der Waals surface area contributed by atoms with E-state index in [-0.39, 0.29) is 15.1 Å². The maximum Gasteiger partial charge on any atom is 0.173 e. The number of carbonyl (C=O) groups excluding carboxylic acids is 1. The summed E-state index contributed by atoms with van der Waals surface area (Å²) in [7, 11) is 0. The maximum atomic E-state index is 12.9. The number of ketones is 1. The number of rotatable bonds is 1. The first-order chi connectivity index (χ1) is 10.3. The van der Waals surface area contributed by atoms with Gasteiger partial charge in [-0.3, -0.25) is 4.79 Å². The summed E-state index contributed by atoms with van der Waals surface area (Å²) in [6, 6.07) is 0. The van der Waals surface area contributed by atoms with Crippen LogP contribution < -0.4 is 0 Å². The van der Waals surface area contributed by atoms with Crippen molar-refractivity contribution >= 4 is 53.6 Å². The molecule has 0 radical (unpaired) electrons. The van der Waals surface area contributed by atoms with Gasteiger partial charge in [0.1, 0.15) is 0 Å². The lowest BCUT2D eigenvalue weighted by molar-refractivity contribution is -0.115. The lowest BCUT2D eigenvalue weighted by Gasteiger charge is -2.47. The SMILES string of the molecule is CC(C)[C@H]1CC[C@@]2(C)[C@@H]1C1=C(C(=O)[C@@H](Br)CCC1)[C@@H](Br)[C@@H]2Br. The second-order valence-electron chi connectivity index (χ2n) is 7.90. The highest BCUT2D eigenvalue weighted by Gasteiger charge is 2.57. The summed E-state index contributed by atoms with van der Waals surface area (Å²) in [5.41, 5.74) is 2.86. The Bertz CT molecular complexity index is 512. The van der Waals surface area contributed by atoms with Crippen molar-refractivity contribution in [2.45, 2.75) is 67.4 Å². The van der Waals surface area contributed by atoms with E-state index >= 15 is 0 Å². The number of fused-ring (bicyclic) bond motifs is 2. The van der Waals surface area contributed by atoms with Gasteiger partial charge >= 0.3 is 0 Å². The molecular formula is C18H25Br3O. The number of hydrogen-bond donors (Lipinski definition) is 0. The number of carbonyl (C=O) groups is 1. The molecule has 3 aliphatic carbocycles. The van der Waals surface area contributed by atoms with Crippen molar-refractivity contribution in [3.8, 4) is 0 Å². The molecule has 0 heterocycles. The highest BCUT2D eigenvalue weighted by atomic mass is 79.9. The van der Waals surface area contributed by atoms with Crippen LogP contribution in [0.15, 0.2) is 11.1 Å². The molecule has 1 nitrogen and oxygen atoms in total. The zero-order chi connectivity index (χ0) is 16.2. The summed E-state index contributed by atoms with van der Waals surface area (Å²) in [6.45, 7) is 7.15. The summed E-state index contributed by atoms with van der Waals surface area (Å²) in [6.07, 6.45) is 5.76. The predicted octanol–water partition coefficient (Wildman–Crippen LogP) is 6.03. The van der Waals surface area contributed by atoms with Gasteiger partial charge in [-0.2, -0.15) is 0 Å². The Balaban J connectivity index is 2.15. The fourth-order valence-corrected chi connectivity index (χ4v) is 7.63. The molecule has 0 spiro atoms. The van der Waals surface area contributed by atoms with E-state index < -0.39 is 0 Å². The Morgan fingerprint density at radius 1 is 1.18 bits per heavy atom. The fourth-order valence-electron chi connectivity index (χ4n) is 5.15. The molecule has 22 heavy (non-hydrogen) atoms. The van der Waals surface area contributed by atoms with Gasteiger partial charge in [0.25, 0.3) is 0 Å². The molecule has 0 aromatic rings. The van der Waals surface area contributed by atoms with E-state index in [1.165, 1.54) is 18.4 Å². The average Bonchev–Trinajstić information content (AvgIpc) is 2.75. The minimum atomic E-state index is 0.00279. The van der Waals surface area contributed by atoms with Crippen molar-refractivity contribution in [3.63, 3.8) is 0 Å². The maximum absolute atomic E-state index is 12.9. The first kappa shape index (κ1) is 17.7. The van der Waals surface area contributed by atoms with Crippen LogP contribution in [-0.2, 0) is 4.79 Å². The van der Waals surface area contributed by atoms with Crippen molar-refractivity contribution in [1.82, 2.24) is 0 Å². The molecule has 124 valence electrons. The summed E-state index contributed by atoms with van der Waals surface area (Å²) < 4.78 is 0. The highest BCUT2D eigenvalue weighted by molar-refractivity contribution is 9.12. The first-order valence-electron chi connectivity index (χ1n) is 8.48. The standard InChI is InChI=1S/C18H25Br3O/c1-9(2)10-7-8-18(3)14(10)11-5-4-6-12(19)16(22)13(11)15(20)17(18)21/h9-10,12,14-15,17H,4-8H2,1-3H3/t10-,12+,14+,15-,17+,18+/m1/s1. The summed E-state index contributed by atoms with van der Waals surface area (Å²) in [4.78, 5) is 13.4. The van der Waals surface area contributed by atoms with Gasteiger partial charge < -0.3 is 0 Å². The lowest BCUT2D eigenvalue weighted by atomic mass is 9.62. The van der Waals surface area contributed by atoms with Gasteiger partial charge in [0.05, 0.1) is 9.65 Å². The molecule has 6 atom stereocenters. The zero-order valence-corrected chi connectivity index (χ0v) is 18.3. The number of hydrogen-bond acceptors (Lipinski definition) is 1. The molecular weight excluding hydrogens is 472 g/mol. The van der Waals surface area contributed by atoms with E-state index in [4.69, 9.17) is 0 Å². The third-order valence-corrected chi connectivity index (χ3v) is 10.5. The van der Waals surface area contributed by atoms with E-state index in [9.17, 15) is 4.79 Å². The van der Waals surface area contributed by atoms with Crippen LogP contribution in [0.2, 0.25) is 0 Å². The molecule has 0 aliphatic heterocycles. The highest BCUT2D eigenvalue weighted by Crippen LogP contribution is 2.62. The van der Waals surface area contributed by atoms with Crippen LogP contribution in [0.5, 0.6) is 0 Å². The monoisotopic (exact) mass is 494 g/mol. The van der Waals surface area contributed by atoms with Crippen LogP contribution in [-0.4, -0.2) is 20.3 Å². The summed E-state index contributed by atoms with van der Waals surface area (Å²) >= 11 is 11.5. The van der Waals surface area contributed by atoms with E-state index in [0.717, 1.165) is 30.8 Å². The Kier molecular flexibility index (Phi) is 5.05. The third-order valence-electron chi connectivity index (χ3n) is 6.35. The minimum absolute atomic E-state index is 0.00279. The van der Waals surface area contributed by atoms with E-state index in [2.05, 4.69) is 68.6 Å². The van der Waals surface area contributed by atoms with Crippen molar-refractivity contribution in [2.75, 3.05) is 0 Å². The lowest BCUT2D eigenvalue weighted by Crippen LogP contribution is -2.47. The number of allylic oxidation sites excluding steroid dienone is 2. The molecule has 0 saturated heterocycles. The number of halogens is 3. The average molecular weight is 497 g/mol. The van der Waals surface area contributed by atoms with Crippen LogP contribution in [0, 0.1) is 23.2 Å². The van der Waals surface area contributed by atoms with Crippen LogP contribution >= 0.6 is 47.8 Å². The molecule has 3 rings (SSSR count). The molecule has 4 heteroatoms. The van der Waals surface area contributed by atoms with Crippen LogP contribution in [0.25, 0.3) is 0 Å². The summed E-state index contributed by atoms with van der Waals surface area (Å²) in [5.74, 6) is 2.30. The minimum Gasteiger partial charge on any atom is -0.293 e. The molecule has 0 N–H and O–H groups in total. The van der Waals surface area contributed by atoms with Gasteiger partial charge in [0, 0.05) is 10.4 Å². The summed E-state index contributed by atoms with van der Waals surface area (Å²) in [5, 5.41) is 0. The molecule has 0 amide bonds. The molecule has 0 aromatic carbocycles. The zero-order valence-electron chi connectivity index (χ0n) is 13.5. The molecule has 0 bridgehead atoms. The van der Waals surface area contributed by atoms with Crippen LogP contribution in [0.1, 0.15) is 52.9 Å². The molecule has 0 unspecified atom stereocenters. The Hall–Kier alpha value is 0.850. The van der Waals surface area contributed by atoms with Gasteiger partial charge in [-0.1, -0.05) is 74.1 Å². The van der Waals surface area contributed by atoms with Crippen LogP contribution in [0.3, 0.4) is 0 Å². The van der Waals surface area contributed by atoms with Gasteiger partial charge in [-0.05, 0) is 55.3 Å². The topological polar surface area (TPSA) is 17.1 Å². The molecule has 3 aliphatic rings. The number of Topliss-reactive ketones (excluding diaryl/α,β-unsaturated/α-hetero) is 1. The van der Waals surface area contributed by atoms with Gasteiger partial charge in [0.15, 0.2) is 5.78 Å². The van der Waals surface area contributed by atoms with Crippen molar-refractivity contribution < 1.29 is 4.79 Å². The van der Waals surface area contributed by atoms with E-state index in [0.29, 0.717) is 22.4 Å². The first-order valence-corrected chi connectivity index (χ1v) is 11.2. The Labute approximate surface area is 159 Å².